The minimum Gasteiger partial charge on any atom is -0.341 e. The molecule has 1 aliphatic heterocycles. The van der Waals surface area contributed by atoms with Crippen molar-refractivity contribution < 1.29 is 0 Å². The van der Waals surface area contributed by atoms with Gasteiger partial charge < -0.3 is 4.98 Å². The Morgan fingerprint density at radius 2 is 2.06 bits per heavy atom. The second-order valence-corrected chi connectivity index (χ2v) is 4.18. The molecule has 3 nitrogen and oxygen atoms in total. The second-order valence-electron chi connectivity index (χ2n) is 4.18. The maximum absolute atomic E-state index is 4.66. The van der Waals surface area contributed by atoms with Crippen molar-refractivity contribution in [3.8, 4) is 11.4 Å². The fraction of sp³-hybridized carbons (Fsp3) is 0.308. The molecule has 82 valence electrons. The number of aromatic nitrogens is 2. The molecule has 2 heterocycles. The van der Waals surface area contributed by atoms with E-state index in [0.717, 1.165) is 25.5 Å². The van der Waals surface area contributed by atoms with Crippen LogP contribution in [0, 0.1) is 0 Å². The third-order valence-corrected chi connectivity index (χ3v) is 3.11. The Hall–Kier alpha value is -1.61. The van der Waals surface area contributed by atoms with E-state index >= 15 is 0 Å². The van der Waals surface area contributed by atoms with E-state index in [4.69, 9.17) is 0 Å². The van der Waals surface area contributed by atoms with Gasteiger partial charge in [0.1, 0.15) is 5.82 Å². The number of nitrogens with one attached hydrogen (secondary N) is 1. The number of aromatic amines is 1. The molecule has 0 fully saturated rings. The van der Waals surface area contributed by atoms with E-state index in [1.807, 2.05) is 18.2 Å². The molecular formula is C13H15N3. The van der Waals surface area contributed by atoms with Crippen molar-refractivity contribution in [2.24, 2.45) is 0 Å². The van der Waals surface area contributed by atoms with Crippen LogP contribution in [-0.4, -0.2) is 21.4 Å². The SMILES string of the molecule is CCN1Cc2nc(-c3ccccc3)[nH]c2C1. The Bertz CT molecular complexity index is 464. The Labute approximate surface area is 95.1 Å². The van der Waals surface area contributed by atoms with Gasteiger partial charge in [0.25, 0.3) is 0 Å². The van der Waals surface area contributed by atoms with Crippen molar-refractivity contribution in [3.63, 3.8) is 0 Å². The fourth-order valence-corrected chi connectivity index (χ4v) is 2.15. The molecule has 1 aromatic heterocycles. The number of hydrogen-bond acceptors (Lipinski definition) is 2. The molecule has 1 aliphatic rings. The van der Waals surface area contributed by atoms with Crippen molar-refractivity contribution in [1.29, 1.82) is 0 Å². The minimum absolute atomic E-state index is 0.981. The van der Waals surface area contributed by atoms with E-state index in [-0.39, 0.29) is 0 Å². The van der Waals surface area contributed by atoms with Gasteiger partial charge in [-0.15, -0.1) is 0 Å². The molecule has 3 rings (SSSR count). The van der Waals surface area contributed by atoms with E-state index in [9.17, 15) is 0 Å². The first-order valence-electron chi connectivity index (χ1n) is 5.72. The molecule has 0 unspecified atom stereocenters. The van der Waals surface area contributed by atoms with Crippen LogP contribution in [0.3, 0.4) is 0 Å². The van der Waals surface area contributed by atoms with E-state index < -0.39 is 0 Å². The number of nitrogens with zero attached hydrogens (tertiary/aromatic N) is 2. The summed E-state index contributed by atoms with van der Waals surface area (Å²) in [4.78, 5) is 10.5. The minimum atomic E-state index is 0.981. The Kier molecular flexibility index (Phi) is 2.26. The fourth-order valence-electron chi connectivity index (χ4n) is 2.15. The number of rotatable bonds is 2. The number of fused-ring (bicyclic) bond motifs is 1. The lowest BCUT2D eigenvalue weighted by Crippen LogP contribution is -2.15. The van der Waals surface area contributed by atoms with Gasteiger partial charge >= 0.3 is 0 Å². The van der Waals surface area contributed by atoms with Crippen molar-refractivity contribution >= 4 is 0 Å². The quantitative estimate of drug-likeness (QED) is 0.830. The second kappa shape index (κ2) is 3.76. The van der Waals surface area contributed by atoms with Gasteiger partial charge in [0.15, 0.2) is 0 Å². The number of hydrogen-bond donors (Lipinski definition) is 1. The summed E-state index contributed by atoms with van der Waals surface area (Å²) in [5.41, 5.74) is 3.65. The van der Waals surface area contributed by atoms with Crippen LogP contribution in [0.2, 0.25) is 0 Å². The lowest BCUT2D eigenvalue weighted by Gasteiger charge is -2.10. The third-order valence-electron chi connectivity index (χ3n) is 3.11. The van der Waals surface area contributed by atoms with E-state index in [2.05, 4.69) is 33.9 Å². The average Bonchev–Trinajstić information content (AvgIpc) is 2.87. The molecule has 0 bridgehead atoms. The largest absolute Gasteiger partial charge is 0.341 e. The summed E-state index contributed by atoms with van der Waals surface area (Å²) in [6.45, 7) is 5.26. The summed E-state index contributed by atoms with van der Waals surface area (Å²) in [5.74, 6) is 1.00. The molecule has 2 aromatic rings. The maximum Gasteiger partial charge on any atom is 0.137 e. The third kappa shape index (κ3) is 1.53. The summed E-state index contributed by atoms with van der Waals surface area (Å²) in [5, 5.41) is 0. The zero-order valence-electron chi connectivity index (χ0n) is 9.40. The first kappa shape index (κ1) is 9.60. The topological polar surface area (TPSA) is 31.9 Å². The van der Waals surface area contributed by atoms with Crippen LogP contribution < -0.4 is 0 Å². The van der Waals surface area contributed by atoms with Crippen LogP contribution in [0.4, 0.5) is 0 Å². The van der Waals surface area contributed by atoms with Crippen LogP contribution in [0.25, 0.3) is 11.4 Å². The predicted molar refractivity (Wildman–Crippen MR) is 63.8 cm³/mol. The van der Waals surface area contributed by atoms with Crippen molar-refractivity contribution in [1.82, 2.24) is 14.9 Å². The van der Waals surface area contributed by atoms with Gasteiger partial charge in [0.05, 0.1) is 11.4 Å². The standard InChI is InChI=1S/C13H15N3/c1-2-16-8-11-12(9-16)15-13(14-11)10-6-4-3-5-7-10/h3-7H,2,8-9H2,1H3,(H,14,15). The molecule has 0 saturated carbocycles. The summed E-state index contributed by atoms with van der Waals surface area (Å²) in [6, 6.07) is 10.3. The van der Waals surface area contributed by atoms with Gasteiger partial charge in [-0.25, -0.2) is 4.98 Å². The normalized spacial score (nSPS) is 15.3. The smallest absolute Gasteiger partial charge is 0.137 e. The van der Waals surface area contributed by atoms with Crippen molar-refractivity contribution in [3.05, 3.63) is 41.7 Å². The molecule has 0 atom stereocenters. The van der Waals surface area contributed by atoms with Crippen molar-refractivity contribution in [2.45, 2.75) is 20.0 Å². The number of imidazole rings is 1. The molecule has 1 aromatic carbocycles. The predicted octanol–water partition coefficient (Wildman–Crippen LogP) is 2.41. The lowest BCUT2D eigenvalue weighted by molar-refractivity contribution is 0.296. The molecule has 1 N–H and O–H groups in total. The number of benzene rings is 1. The molecule has 0 radical (unpaired) electrons. The van der Waals surface area contributed by atoms with E-state index in [1.165, 1.54) is 17.0 Å². The summed E-state index contributed by atoms with van der Waals surface area (Å²) < 4.78 is 0. The average molecular weight is 213 g/mol. The Balaban J connectivity index is 1.92. The van der Waals surface area contributed by atoms with Gasteiger partial charge in [-0.05, 0) is 6.54 Å². The number of H-pyrrole nitrogens is 1. The molecule has 16 heavy (non-hydrogen) atoms. The summed E-state index contributed by atoms with van der Waals surface area (Å²) >= 11 is 0. The van der Waals surface area contributed by atoms with Gasteiger partial charge in [-0.1, -0.05) is 37.3 Å². The van der Waals surface area contributed by atoms with Crippen LogP contribution in [0.5, 0.6) is 0 Å². The highest BCUT2D eigenvalue weighted by Crippen LogP contribution is 2.24. The molecular weight excluding hydrogens is 198 g/mol. The molecule has 0 aliphatic carbocycles. The van der Waals surface area contributed by atoms with E-state index in [1.54, 1.807) is 0 Å². The van der Waals surface area contributed by atoms with Crippen LogP contribution >= 0.6 is 0 Å². The van der Waals surface area contributed by atoms with Gasteiger partial charge in [0.2, 0.25) is 0 Å². The van der Waals surface area contributed by atoms with Crippen LogP contribution in [0.1, 0.15) is 18.3 Å². The van der Waals surface area contributed by atoms with Crippen LogP contribution in [-0.2, 0) is 13.1 Å². The first-order chi connectivity index (χ1) is 7.86. The zero-order chi connectivity index (χ0) is 11.0. The zero-order valence-corrected chi connectivity index (χ0v) is 9.40. The molecule has 3 heteroatoms. The molecule has 0 saturated heterocycles. The molecule has 0 amide bonds. The molecule has 0 spiro atoms. The van der Waals surface area contributed by atoms with Gasteiger partial charge in [-0.2, -0.15) is 0 Å². The first-order valence-corrected chi connectivity index (χ1v) is 5.72. The highest BCUT2D eigenvalue weighted by atomic mass is 15.2. The van der Waals surface area contributed by atoms with Crippen LogP contribution in [0.15, 0.2) is 30.3 Å². The maximum atomic E-state index is 4.66. The van der Waals surface area contributed by atoms with Crippen molar-refractivity contribution in [2.75, 3.05) is 6.54 Å². The summed E-state index contributed by atoms with van der Waals surface area (Å²) in [7, 11) is 0. The monoisotopic (exact) mass is 213 g/mol. The highest BCUT2D eigenvalue weighted by molar-refractivity contribution is 5.55. The van der Waals surface area contributed by atoms with Gasteiger partial charge in [0, 0.05) is 18.7 Å². The summed E-state index contributed by atoms with van der Waals surface area (Å²) in [6.07, 6.45) is 0. The van der Waals surface area contributed by atoms with Gasteiger partial charge in [-0.3, -0.25) is 4.90 Å². The lowest BCUT2D eigenvalue weighted by atomic mass is 10.2. The van der Waals surface area contributed by atoms with E-state index in [0.29, 0.717) is 0 Å². The Morgan fingerprint density at radius 1 is 1.25 bits per heavy atom. The highest BCUT2D eigenvalue weighted by Gasteiger charge is 2.21. The Morgan fingerprint density at radius 3 is 2.75 bits per heavy atom.